The number of rotatable bonds is 6. The Bertz CT molecular complexity index is 1050. The van der Waals surface area contributed by atoms with Crippen LogP contribution in [-0.4, -0.2) is 43.3 Å². The first-order chi connectivity index (χ1) is 14.8. The molecule has 3 heterocycles. The number of hydrogen-bond donors (Lipinski definition) is 1. The number of allylic oxidation sites excluding steroid dienone is 1. The smallest absolute Gasteiger partial charge is 0.142 e. The summed E-state index contributed by atoms with van der Waals surface area (Å²) in [6.07, 6.45) is 6.65. The molecule has 1 N–H and O–H groups in total. The Morgan fingerprint density at radius 1 is 1.03 bits per heavy atom. The SMILES string of the molecule is CONC1=CCc2cc(-c3cc(CN4CCOCC4)oc3-c3ccncc3)ccc21. The number of nitrogens with zero attached hydrogens (tertiary/aromatic N) is 2. The summed E-state index contributed by atoms with van der Waals surface area (Å²) in [5.41, 5.74) is 9.76. The number of fused-ring (bicyclic) bond motifs is 1. The lowest BCUT2D eigenvalue weighted by molar-refractivity contribution is 0.0314. The number of furan rings is 1. The molecule has 0 bridgehead atoms. The lowest BCUT2D eigenvalue weighted by atomic mass is 9.98. The van der Waals surface area contributed by atoms with Gasteiger partial charge in [0, 0.05) is 42.2 Å². The molecule has 5 rings (SSSR count). The minimum Gasteiger partial charge on any atom is -0.459 e. The average molecular weight is 403 g/mol. The normalized spacial score (nSPS) is 16.4. The van der Waals surface area contributed by atoms with Gasteiger partial charge in [-0.1, -0.05) is 24.3 Å². The van der Waals surface area contributed by atoms with E-state index in [9.17, 15) is 0 Å². The molecule has 1 aliphatic carbocycles. The van der Waals surface area contributed by atoms with Crippen molar-refractivity contribution in [1.29, 1.82) is 0 Å². The summed E-state index contributed by atoms with van der Waals surface area (Å²) >= 11 is 0. The van der Waals surface area contributed by atoms with Crippen LogP contribution in [0.5, 0.6) is 0 Å². The number of aromatic nitrogens is 1. The van der Waals surface area contributed by atoms with E-state index in [2.05, 4.69) is 45.7 Å². The first-order valence-electron chi connectivity index (χ1n) is 10.3. The van der Waals surface area contributed by atoms with Crippen molar-refractivity contribution in [3.8, 4) is 22.5 Å². The monoisotopic (exact) mass is 403 g/mol. The molecule has 6 nitrogen and oxygen atoms in total. The Balaban J connectivity index is 1.50. The number of morpholine rings is 1. The summed E-state index contributed by atoms with van der Waals surface area (Å²) in [7, 11) is 1.63. The van der Waals surface area contributed by atoms with E-state index in [1.165, 1.54) is 11.1 Å². The molecule has 6 heteroatoms. The molecular formula is C24H25N3O3. The van der Waals surface area contributed by atoms with E-state index in [1.807, 2.05) is 12.1 Å². The molecule has 3 aromatic rings. The summed E-state index contributed by atoms with van der Waals surface area (Å²) in [5.74, 6) is 1.86. The van der Waals surface area contributed by atoms with Gasteiger partial charge in [0.05, 0.1) is 32.6 Å². The van der Waals surface area contributed by atoms with Gasteiger partial charge in [0.2, 0.25) is 0 Å². The minimum atomic E-state index is 0.778. The predicted molar refractivity (Wildman–Crippen MR) is 115 cm³/mol. The predicted octanol–water partition coefficient (Wildman–Crippen LogP) is 3.89. The van der Waals surface area contributed by atoms with Gasteiger partial charge in [0.25, 0.3) is 0 Å². The second kappa shape index (κ2) is 8.44. The van der Waals surface area contributed by atoms with Gasteiger partial charge in [0.1, 0.15) is 11.5 Å². The van der Waals surface area contributed by atoms with E-state index < -0.39 is 0 Å². The fraction of sp³-hybridized carbons (Fsp3) is 0.292. The molecule has 1 aromatic carbocycles. The summed E-state index contributed by atoms with van der Waals surface area (Å²) in [5, 5.41) is 0. The molecule has 1 aliphatic heterocycles. The van der Waals surface area contributed by atoms with Crippen LogP contribution in [-0.2, 0) is 22.5 Å². The highest BCUT2D eigenvalue weighted by Crippen LogP contribution is 2.38. The number of nitrogens with one attached hydrogen (secondary N) is 1. The van der Waals surface area contributed by atoms with Crippen LogP contribution in [0.25, 0.3) is 28.1 Å². The average Bonchev–Trinajstić information content (AvgIpc) is 3.39. The van der Waals surface area contributed by atoms with Crippen LogP contribution < -0.4 is 5.48 Å². The molecule has 154 valence electrons. The van der Waals surface area contributed by atoms with Crippen molar-refractivity contribution in [2.24, 2.45) is 0 Å². The molecule has 30 heavy (non-hydrogen) atoms. The first kappa shape index (κ1) is 19.1. The Labute approximate surface area is 176 Å². The van der Waals surface area contributed by atoms with E-state index in [4.69, 9.17) is 14.0 Å². The molecular weight excluding hydrogens is 378 g/mol. The maximum atomic E-state index is 6.38. The van der Waals surface area contributed by atoms with Crippen molar-refractivity contribution in [2.45, 2.75) is 13.0 Å². The largest absolute Gasteiger partial charge is 0.459 e. The van der Waals surface area contributed by atoms with Crippen LogP contribution in [0, 0.1) is 0 Å². The van der Waals surface area contributed by atoms with Crippen LogP contribution in [0.15, 0.2) is 59.3 Å². The second-order valence-corrected chi connectivity index (χ2v) is 7.58. The van der Waals surface area contributed by atoms with Crippen molar-refractivity contribution in [3.05, 3.63) is 71.8 Å². The maximum absolute atomic E-state index is 6.38. The first-order valence-corrected chi connectivity index (χ1v) is 10.3. The van der Waals surface area contributed by atoms with Gasteiger partial charge in [-0.25, -0.2) is 0 Å². The molecule has 0 saturated carbocycles. The molecule has 0 amide bonds. The van der Waals surface area contributed by atoms with Gasteiger partial charge in [0.15, 0.2) is 0 Å². The van der Waals surface area contributed by atoms with Gasteiger partial charge in [-0.05, 0) is 35.7 Å². The zero-order valence-corrected chi connectivity index (χ0v) is 17.1. The molecule has 0 radical (unpaired) electrons. The van der Waals surface area contributed by atoms with Crippen molar-refractivity contribution in [3.63, 3.8) is 0 Å². The number of ether oxygens (including phenoxy) is 1. The van der Waals surface area contributed by atoms with Gasteiger partial charge in [-0.15, -0.1) is 0 Å². The maximum Gasteiger partial charge on any atom is 0.142 e. The van der Waals surface area contributed by atoms with Crippen molar-refractivity contribution in [1.82, 2.24) is 15.4 Å². The topological polar surface area (TPSA) is 59.8 Å². The van der Waals surface area contributed by atoms with Crippen LogP contribution in [0.4, 0.5) is 0 Å². The standard InChI is InChI=1S/C24H25N3O3/c1-28-26-23-5-3-18-14-19(2-4-21(18)23)22-15-20(16-27-10-12-29-13-11-27)30-24(22)17-6-8-25-9-7-17/h2,4-9,14-15,26H,3,10-13,16H2,1H3. The quantitative estimate of drug-likeness (QED) is 0.630. The third kappa shape index (κ3) is 3.77. The second-order valence-electron chi connectivity index (χ2n) is 7.58. The van der Waals surface area contributed by atoms with Crippen molar-refractivity contribution < 1.29 is 14.0 Å². The Hall–Kier alpha value is -2.93. The lowest BCUT2D eigenvalue weighted by Gasteiger charge is -2.25. The van der Waals surface area contributed by atoms with Gasteiger partial charge >= 0.3 is 0 Å². The van der Waals surface area contributed by atoms with Gasteiger partial charge in [-0.3, -0.25) is 20.2 Å². The number of hydrogen-bond acceptors (Lipinski definition) is 6. The van der Waals surface area contributed by atoms with Crippen LogP contribution in [0.1, 0.15) is 16.9 Å². The molecule has 0 unspecified atom stereocenters. The summed E-state index contributed by atoms with van der Waals surface area (Å²) in [4.78, 5) is 11.6. The van der Waals surface area contributed by atoms with Crippen molar-refractivity contribution >= 4 is 5.70 Å². The third-order valence-corrected chi connectivity index (χ3v) is 5.65. The van der Waals surface area contributed by atoms with Crippen molar-refractivity contribution in [2.75, 3.05) is 33.4 Å². The fourth-order valence-corrected chi connectivity index (χ4v) is 4.15. The Morgan fingerprint density at radius 2 is 1.87 bits per heavy atom. The minimum absolute atomic E-state index is 0.778. The highest BCUT2D eigenvalue weighted by Gasteiger charge is 2.20. The van der Waals surface area contributed by atoms with E-state index >= 15 is 0 Å². The number of pyridine rings is 1. The molecule has 2 aliphatic rings. The zero-order chi connectivity index (χ0) is 20.3. The summed E-state index contributed by atoms with van der Waals surface area (Å²) < 4.78 is 11.9. The molecule has 1 saturated heterocycles. The van der Waals surface area contributed by atoms with Crippen LogP contribution in [0.3, 0.4) is 0 Å². The summed E-state index contributed by atoms with van der Waals surface area (Å²) in [6.45, 7) is 4.21. The summed E-state index contributed by atoms with van der Waals surface area (Å²) in [6, 6.07) is 12.7. The fourth-order valence-electron chi connectivity index (χ4n) is 4.15. The Morgan fingerprint density at radius 3 is 2.67 bits per heavy atom. The highest BCUT2D eigenvalue weighted by atomic mass is 16.6. The molecule has 1 fully saturated rings. The third-order valence-electron chi connectivity index (χ3n) is 5.65. The highest BCUT2D eigenvalue weighted by molar-refractivity contribution is 5.82. The Kier molecular flexibility index (Phi) is 5.36. The molecule has 2 aromatic heterocycles. The lowest BCUT2D eigenvalue weighted by Crippen LogP contribution is -2.35. The van der Waals surface area contributed by atoms with E-state index in [-0.39, 0.29) is 0 Å². The molecule has 0 spiro atoms. The number of hydroxylamine groups is 1. The van der Waals surface area contributed by atoms with Gasteiger partial charge < -0.3 is 9.15 Å². The van der Waals surface area contributed by atoms with Crippen LogP contribution in [0.2, 0.25) is 0 Å². The van der Waals surface area contributed by atoms with E-state index in [0.29, 0.717) is 0 Å². The zero-order valence-electron chi connectivity index (χ0n) is 17.1. The van der Waals surface area contributed by atoms with Crippen LogP contribution >= 0.6 is 0 Å². The number of benzene rings is 1. The van der Waals surface area contributed by atoms with E-state index in [0.717, 1.165) is 73.2 Å². The van der Waals surface area contributed by atoms with E-state index in [1.54, 1.807) is 19.5 Å². The molecule has 0 atom stereocenters. The van der Waals surface area contributed by atoms with Gasteiger partial charge in [-0.2, -0.15) is 0 Å².